The summed E-state index contributed by atoms with van der Waals surface area (Å²) in [5, 5.41) is 0. The minimum atomic E-state index is -0.288. The molecule has 1 rings (SSSR count). The molecule has 0 N–H and O–H groups in total. The van der Waals surface area contributed by atoms with E-state index >= 15 is 0 Å². The predicted octanol–water partition coefficient (Wildman–Crippen LogP) is 2.08. The second kappa shape index (κ2) is 4.03. The molecule has 0 aliphatic carbocycles. The van der Waals surface area contributed by atoms with Crippen LogP contribution in [0.25, 0.3) is 0 Å². The van der Waals surface area contributed by atoms with Crippen molar-refractivity contribution < 1.29 is 14.0 Å². The number of Topliss-reactive ketones (excluding diaryl/α,β-unsaturated/α-hetero) is 2. The van der Waals surface area contributed by atoms with Gasteiger partial charge in [-0.05, 0) is 19.1 Å². The van der Waals surface area contributed by atoms with Crippen molar-refractivity contribution in [3.8, 4) is 0 Å². The van der Waals surface area contributed by atoms with Gasteiger partial charge in [-0.1, -0.05) is 6.92 Å². The highest BCUT2D eigenvalue weighted by atomic mass is 16.3. The monoisotopic (exact) mass is 180 g/mol. The molecule has 0 saturated carbocycles. The van der Waals surface area contributed by atoms with Gasteiger partial charge in [0.1, 0.15) is 5.78 Å². The molecule has 1 aromatic rings. The van der Waals surface area contributed by atoms with Crippen molar-refractivity contribution in [1.82, 2.24) is 0 Å². The Bertz CT molecular complexity index is 298. The van der Waals surface area contributed by atoms with E-state index in [1.165, 1.54) is 13.2 Å². The Morgan fingerprint density at radius 2 is 2.23 bits per heavy atom. The maximum absolute atomic E-state index is 11.5. The van der Waals surface area contributed by atoms with Crippen LogP contribution in [0.5, 0.6) is 0 Å². The van der Waals surface area contributed by atoms with Crippen molar-refractivity contribution >= 4 is 11.6 Å². The molecular weight excluding hydrogens is 168 g/mol. The van der Waals surface area contributed by atoms with Gasteiger partial charge >= 0.3 is 0 Å². The third-order valence-corrected chi connectivity index (χ3v) is 1.81. The van der Waals surface area contributed by atoms with Gasteiger partial charge < -0.3 is 9.21 Å². The molecule has 0 saturated heterocycles. The lowest BCUT2D eigenvalue weighted by molar-refractivity contribution is -0.117. The molecule has 70 valence electrons. The van der Waals surface area contributed by atoms with Crippen molar-refractivity contribution in [2.24, 2.45) is 5.92 Å². The van der Waals surface area contributed by atoms with Crippen LogP contribution in [0.4, 0.5) is 0 Å². The van der Waals surface area contributed by atoms with Gasteiger partial charge in [-0.2, -0.15) is 0 Å². The molecule has 0 aromatic carbocycles. The summed E-state index contributed by atoms with van der Waals surface area (Å²) in [6.45, 7) is 3.21. The fourth-order valence-corrected chi connectivity index (χ4v) is 1.19. The number of ketones is 2. The summed E-state index contributed by atoms with van der Waals surface area (Å²) in [7, 11) is 0. The Balaban J connectivity index is 2.63. The average molecular weight is 180 g/mol. The molecule has 0 bridgehead atoms. The van der Waals surface area contributed by atoms with E-state index < -0.39 is 0 Å². The Labute approximate surface area is 76.7 Å². The van der Waals surface area contributed by atoms with Crippen LogP contribution in [0.3, 0.4) is 0 Å². The Hall–Kier alpha value is -1.38. The van der Waals surface area contributed by atoms with Gasteiger partial charge in [-0.25, -0.2) is 0 Å². The van der Waals surface area contributed by atoms with E-state index in [1.54, 1.807) is 19.1 Å². The van der Waals surface area contributed by atoms with Crippen LogP contribution in [0, 0.1) is 5.92 Å². The zero-order chi connectivity index (χ0) is 9.84. The molecule has 3 heteroatoms. The first-order valence-electron chi connectivity index (χ1n) is 4.18. The van der Waals surface area contributed by atoms with E-state index in [1.807, 2.05) is 0 Å². The summed E-state index contributed by atoms with van der Waals surface area (Å²) in [5.41, 5.74) is 0. The molecule has 0 aliphatic heterocycles. The van der Waals surface area contributed by atoms with Crippen molar-refractivity contribution in [1.29, 1.82) is 0 Å². The first kappa shape index (κ1) is 9.71. The van der Waals surface area contributed by atoms with Crippen LogP contribution < -0.4 is 0 Å². The van der Waals surface area contributed by atoms with E-state index in [4.69, 9.17) is 4.42 Å². The highest BCUT2D eigenvalue weighted by Crippen LogP contribution is 2.12. The number of hydrogen-bond acceptors (Lipinski definition) is 3. The Morgan fingerprint density at radius 3 is 2.69 bits per heavy atom. The third-order valence-electron chi connectivity index (χ3n) is 1.81. The Morgan fingerprint density at radius 1 is 1.54 bits per heavy atom. The maximum atomic E-state index is 11.5. The number of rotatable bonds is 4. The molecule has 3 nitrogen and oxygen atoms in total. The molecule has 1 aromatic heterocycles. The molecule has 1 atom stereocenters. The highest BCUT2D eigenvalue weighted by molar-refractivity contribution is 5.97. The smallest absolute Gasteiger partial charge is 0.201 e. The number of carbonyl (C=O) groups excluding carboxylic acids is 2. The van der Waals surface area contributed by atoms with Crippen molar-refractivity contribution in [2.75, 3.05) is 0 Å². The maximum Gasteiger partial charge on any atom is 0.201 e. The lowest BCUT2D eigenvalue weighted by atomic mass is 9.99. The fraction of sp³-hybridized carbons (Fsp3) is 0.400. The van der Waals surface area contributed by atoms with Crippen LogP contribution in [0.15, 0.2) is 22.8 Å². The first-order chi connectivity index (χ1) is 6.11. The van der Waals surface area contributed by atoms with Crippen LogP contribution in [0.1, 0.15) is 30.8 Å². The molecule has 0 unspecified atom stereocenters. The lowest BCUT2D eigenvalue weighted by Gasteiger charge is -2.04. The third kappa shape index (κ3) is 2.54. The first-order valence-corrected chi connectivity index (χ1v) is 4.18. The van der Waals surface area contributed by atoms with Gasteiger partial charge in [0, 0.05) is 12.3 Å². The molecule has 0 aliphatic rings. The normalized spacial score (nSPS) is 12.5. The van der Waals surface area contributed by atoms with Crippen LogP contribution in [-0.2, 0) is 4.79 Å². The lowest BCUT2D eigenvalue weighted by Crippen LogP contribution is -2.13. The van der Waals surface area contributed by atoms with E-state index in [9.17, 15) is 9.59 Å². The number of furan rings is 1. The minimum Gasteiger partial charge on any atom is -0.461 e. The zero-order valence-electron chi connectivity index (χ0n) is 7.74. The summed E-state index contributed by atoms with van der Waals surface area (Å²) in [5.74, 6) is -0.0509. The SMILES string of the molecule is CC(=O)C[C@H](C)C(=O)c1ccco1. The van der Waals surface area contributed by atoms with Crippen molar-refractivity contribution in [2.45, 2.75) is 20.3 Å². The van der Waals surface area contributed by atoms with Crippen LogP contribution in [-0.4, -0.2) is 11.6 Å². The summed E-state index contributed by atoms with van der Waals surface area (Å²) in [4.78, 5) is 22.2. The summed E-state index contributed by atoms with van der Waals surface area (Å²) in [6, 6.07) is 3.27. The summed E-state index contributed by atoms with van der Waals surface area (Å²) < 4.78 is 4.94. The van der Waals surface area contributed by atoms with E-state index in [0.29, 0.717) is 5.76 Å². The van der Waals surface area contributed by atoms with Gasteiger partial charge in [0.2, 0.25) is 5.78 Å². The standard InChI is InChI=1S/C10H12O3/c1-7(6-8(2)11)10(12)9-4-3-5-13-9/h3-5,7H,6H2,1-2H3/t7-/m0/s1. The van der Waals surface area contributed by atoms with Gasteiger partial charge in [-0.3, -0.25) is 4.79 Å². The van der Waals surface area contributed by atoms with E-state index in [2.05, 4.69) is 0 Å². The predicted molar refractivity (Wildman–Crippen MR) is 47.5 cm³/mol. The molecule has 0 radical (unpaired) electrons. The Kier molecular flexibility index (Phi) is 3.01. The highest BCUT2D eigenvalue weighted by Gasteiger charge is 2.18. The molecule has 0 fully saturated rings. The second-order valence-corrected chi connectivity index (χ2v) is 3.15. The average Bonchev–Trinajstić information content (AvgIpc) is 2.53. The van der Waals surface area contributed by atoms with E-state index in [0.717, 1.165) is 0 Å². The molecule has 0 spiro atoms. The summed E-state index contributed by atoms with van der Waals surface area (Å²) >= 11 is 0. The number of carbonyl (C=O) groups is 2. The molecule has 1 heterocycles. The topological polar surface area (TPSA) is 47.3 Å². The van der Waals surface area contributed by atoms with Gasteiger partial charge in [0.15, 0.2) is 5.76 Å². The molecule has 13 heavy (non-hydrogen) atoms. The van der Waals surface area contributed by atoms with Gasteiger partial charge in [-0.15, -0.1) is 0 Å². The second-order valence-electron chi connectivity index (χ2n) is 3.15. The zero-order valence-corrected chi connectivity index (χ0v) is 7.74. The quantitative estimate of drug-likeness (QED) is 0.666. The summed E-state index contributed by atoms with van der Waals surface area (Å²) in [6.07, 6.45) is 1.73. The van der Waals surface area contributed by atoms with Crippen molar-refractivity contribution in [3.05, 3.63) is 24.2 Å². The van der Waals surface area contributed by atoms with Gasteiger partial charge in [0.25, 0.3) is 0 Å². The molecular formula is C10H12O3. The van der Waals surface area contributed by atoms with E-state index in [-0.39, 0.29) is 23.9 Å². The molecule has 0 amide bonds. The van der Waals surface area contributed by atoms with Crippen LogP contribution >= 0.6 is 0 Å². The minimum absolute atomic E-state index is 0.0207. The largest absolute Gasteiger partial charge is 0.461 e. The fourth-order valence-electron chi connectivity index (χ4n) is 1.19. The van der Waals surface area contributed by atoms with Gasteiger partial charge in [0.05, 0.1) is 6.26 Å². The number of hydrogen-bond donors (Lipinski definition) is 0. The van der Waals surface area contributed by atoms with Crippen molar-refractivity contribution in [3.63, 3.8) is 0 Å². The van der Waals surface area contributed by atoms with Crippen LogP contribution in [0.2, 0.25) is 0 Å².